The van der Waals surface area contributed by atoms with E-state index in [1.54, 1.807) is 41.5 Å². The zero-order valence-corrected chi connectivity index (χ0v) is 14.0. The molecule has 0 fully saturated rings. The van der Waals surface area contributed by atoms with Crippen LogP contribution in [0.15, 0.2) is 10.6 Å². The molecule has 0 aliphatic heterocycles. The van der Waals surface area contributed by atoms with Gasteiger partial charge in [0.1, 0.15) is 17.0 Å². The molecule has 0 aromatic carbocycles. The smallest absolute Gasteiger partial charge is 0.407 e. The van der Waals surface area contributed by atoms with Crippen LogP contribution < -0.4 is 5.32 Å². The quantitative estimate of drug-likeness (QED) is 0.860. The van der Waals surface area contributed by atoms with E-state index in [1.807, 2.05) is 0 Å². The Morgan fingerprint density at radius 1 is 1.14 bits per heavy atom. The van der Waals surface area contributed by atoms with Gasteiger partial charge in [-0.3, -0.25) is 0 Å². The van der Waals surface area contributed by atoms with Crippen LogP contribution in [0.4, 0.5) is 4.79 Å². The molecule has 0 atom stereocenters. The summed E-state index contributed by atoms with van der Waals surface area (Å²) in [7, 11) is 0. The summed E-state index contributed by atoms with van der Waals surface area (Å²) in [5, 5.41) is 6.26. The first-order chi connectivity index (χ1) is 9.96. The molecule has 0 saturated carbocycles. The van der Waals surface area contributed by atoms with Crippen LogP contribution in [0.5, 0.6) is 0 Å². The fourth-order valence-corrected chi connectivity index (χ4v) is 1.46. The van der Waals surface area contributed by atoms with Gasteiger partial charge in [-0.1, -0.05) is 5.16 Å². The predicted octanol–water partition coefficient (Wildman–Crippen LogP) is 2.70. The van der Waals surface area contributed by atoms with Crippen molar-refractivity contribution >= 4 is 12.1 Å². The number of hydrogen-bond donors (Lipinski definition) is 1. The maximum atomic E-state index is 11.8. The summed E-state index contributed by atoms with van der Waals surface area (Å²) in [5.41, 5.74) is -1.02. The summed E-state index contributed by atoms with van der Waals surface area (Å²) in [6.45, 7) is 11.0. The highest BCUT2D eigenvalue weighted by Gasteiger charge is 2.21. The SMILES string of the molecule is CC(C)(C)OC(=O)NCCc1cc(C(=O)OC(C)(C)C)no1. The van der Waals surface area contributed by atoms with Crippen LogP contribution in [-0.4, -0.2) is 35.0 Å². The van der Waals surface area contributed by atoms with Crippen molar-refractivity contribution < 1.29 is 23.6 Å². The fraction of sp³-hybridized carbons (Fsp3) is 0.667. The van der Waals surface area contributed by atoms with E-state index in [-0.39, 0.29) is 5.69 Å². The zero-order valence-electron chi connectivity index (χ0n) is 14.0. The van der Waals surface area contributed by atoms with Gasteiger partial charge in [0.25, 0.3) is 0 Å². The second kappa shape index (κ2) is 6.81. The minimum absolute atomic E-state index is 0.113. The van der Waals surface area contributed by atoms with E-state index in [0.717, 1.165) is 0 Å². The number of carbonyl (C=O) groups excluding carboxylic acids is 2. The minimum Gasteiger partial charge on any atom is -0.455 e. The number of hydrogen-bond acceptors (Lipinski definition) is 6. The summed E-state index contributed by atoms with van der Waals surface area (Å²) >= 11 is 0. The first-order valence-electron chi connectivity index (χ1n) is 7.12. The lowest BCUT2D eigenvalue weighted by atomic mass is 10.2. The van der Waals surface area contributed by atoms with Gasteiger partial charge in [0, 0.05) is 19.0 Å². The standard InChI is InChI=1S/C15H24N2O5/c1-14(2,3)20-12(18)11-9-10(22-17-11)7-8-16-13(19)21-15(4,5)6/h9H,7-8H2,1-6H3,(H,16,19). The van der Waals surface area contributed by atoms with Gasteiger partial charge in [-0.05, 0) is 41.5 Å². The molecular weight excluding hydrogens is 288 g/mol. The van der Waals surface area contributed by atoms with Gasteiger partial charge in [0.2, 0.25) is 0 Å². The van der Waals surface area contributed by atoms with Gasteiger partial charge in [-0.2, -0.15) is 0 Å². The number of ether oxygens (including phenoxy) is 2. The lowest BCUT2D eigenvalue weighted by Gasteiger charge is -2.19. The highest BCUT2D eigenvalue weighted by atomic mass is 16.6. The van der Waals surface area contributed by atoms with Gasteiger partial charge in [0.15, 0.2) is 5.69 Å². The normalized spacial score (nSPS) is 11.9. The Morgan fingerprint density at radius 2 is 1.73 bits per heavy atom. The van der Waals surface area contributed by atoms with Crippen LogP contribution in [0.3, 0.4) is 0 Å². The Bertz CT molecular complexity index is 523. The van der Waals surface area contributed by atoms with Crippen LogP contribution in [-0.2, 0) is 15.9 Å². The van der Waals surface area contributed by atoms with E-state index >= 15 is 0 Å². The molecule has 0 aliphatic carbocycles. The molecule has 1 aromatic rings. The predicted molar refractivity (Wildman–Crippen MR) is 79.6 cm³/mol. The van der Waals surface area contributed by atoms with Gasteiger partial charge in [-0.25, -0.2) is 9.59 Å². The zero-order chi connectivity index (χ0) is 17.0. The van der Waals surface area contributed by atoms with Gasteiger partial charge < -0.3 is 19.3 Å². The third-order valence-electron chi connectivity index (χ3n) is 2.21. The van der Waals surface area contributed by atoms with E-state index in [2.05, 4.69) is 10.5 Å². The van der Waals surface area contributed by atoms with Crippen LogP contribution in [0.1, 0.15) is 57.8 Å². The van der Waals surface area contributed by atoms with E-state index in [1.165, 1.54) is 6.07 Å². The Hall–Kier alpha value is -2.05. The topological polar surface area (TPSA) is 90.7 Å². The van der Waals surface area contributed by atoms with Crippen molar-refractivity contribution in [2.24, 2.45) is 0 Å². The van der Waals surface area contributed by atoms with E-state index in [9.17, 15) is 9.59 Å². The first kappa shape index (κ1) is 18.0. The number of alkyl carbamates (subject to hydrolysis) is 1. The molecule has 0 radical (unpaired) electrons. The van der Waals surface area contributed by atoms with Crippen molar-refractivity contribution in [1.29, 1.82) is 0 Å². The Balaban J connectivity index is 2.43. The number of nitrogens with zero attached hydrogens (tertiary/aromatic N) is 1. The van der Waals surface area contributed by atoms with Crippen LogP contribution >= 0.6 is 0 Å². The highest BCUT2D eigenvalue weighted by molar-refractivity contribution is 5.87. The molecule has 1 rings (SSSR count). The lowest BCUT2D eigenvalue weighted by Crippen LogP contribution is -2.33. The molecule has 1 heterocycles. The average Bonchev–Trinajstić information content (AvgIpc) is 2.72. The highest BCUT2D eigenvalue weighted by Crippen LogP contribution is 2.12. The average molecular weight is 312 g/mol. The molecule has 7 nitrogen and oxygen atoms in total. The van der Waals surface area contributed by atoms with Gasteiger partial charge in [0.05, 0.1) is 0 Å². The summed E-state index contributed by atoms with van der Waals surface area (Å²) < 4.78 is 15.3. The van der Waals surface area contributed by atoms with Crippen molar-refractivity contribution in [3.05, 3.63) is 17.5 Å². The summed E-state index contributed by atoms with van der Waals surface area (Å²) in [4.78, 5) is 23.2. The second-order valence-electron chi connectivity index (χ2n) is 6.86. The van der Waals surface area contributed by atoms with Gasteiger partial charge >= 0.3 is 12.1 Å². The Labute approximate surface area is 130 Å². The molecule has 0 saturated heterocycles. The van der Waals surface area contributed by atoms with Crippen LogP contribution in [0, 0.1) is 0 Å². The van der Waals surface area contributed by atoms with Crippen molar-refractivity contribution in [2.45, 2.75) is 59.2 Å². The number of rotatable bonds is 4. The number of nitrogens with one attached hydrogen (secondary N) is 1. The molecule has 0 bridgehead atoms. The lowest BCUT2D eigenvalue weighted by molar-refractivity contribution is 0.00585. The molecule has 1 amide bonds. The number of amides is 1. The number of carbonyl (C=O) groups is 2. The number of aromatic nitrogens is 1. The van der Waals surface area contributed by atoms with Crippen molar-refractivity contribution in [3.8, 4) is 0 Å². The molecule has 1 aromatic heterocycles. The third-order valence-corrected chi connectivity index (χ3v) is 2.21. The molecule has 0 unspecified atom stereocenters. The summed E-state index contributed by atoms with van der Waals surface area (Å²) in [6, 6.07) is 1.50. The van der Waals surface area contributed by atoms with E-state index < -0.39 is 23.3 Å². The molecule has 1 N–H and O–H groups in total. The maximum absolute atomic E-state index is 11.8. The van der Waals surface area contributed by atoms with E-state index in [4.69, 9.17) is 14.0 Å². The third kappa shape index (κ3) is 7.10. The fourth-order valence-electron chi connectivity index (χ4n) is 1.46. The van der Waals surface area contributed by atoms with Crippen LogP contribution in [0.2, 0.25) is 0 Å². The molecule has 0 spiro atoms. The molecule has 124 valence electrons. The second-order valence-corrected chi connectivity index (χ2v) is 6.86. The summed E-state index contributed by atoms with van der Waals surface area (Å²) in [5.74, 6) is -0.0560. The van der Waals surface area contributed by atoms with Gasteiger partial charge in [-0.15, -0.1) is 0 Å². The van der Waals surface area contributed by atoms with Crippen molar-refractivity contribution in [1.82, 2.24) is 10.5 Å². The van der Waals surface area contributed by atoms with E-state index in [0.29, 0.717) is 18.7 Å². The first-order valence-corrected chi connectivity index (χ1v) is 7.12. The number of esters is 1. The molecule has 7 heteroatoms. The largest absolute Gasteiger partial charge is 0.455 e. The molecular formula is C15H24N2O5. The molecule has 22 heavy (non-hydrogen) atoms. The van der Waals surface area contributed by atoms with Crippen molar-refractivity contribution in [2.75, 3.05) is 6.54 Å². The van der Waals surface area contributed by atoms with Crippen molar-refractivity contribution in [3.63, 3.8) is 0 Å². The Morgan fingerprint density at radius 3 is 2.27 bits per heavy atom. The summed E-state index contributed by atoms with van der Waals surface area (Å²) in [6.07, 6.45) is -0.103. The maximum Gasteiger partial charge on any atom is 0.407 e. The monoisotopic (exact) mass is 312 g/mol. The van der Waals surface area contributed by atoms with Crippen LogP contribution in [0.25, 0.3) is 0 Å². The molecule has 0 aliphatic rings. The minimum atomic E-state index is -0.589. The Kier molecular flexibility index (Phi) is 5.57.